The van der Waals surface area contributed by atoms with Crippen molar-refractivity contribution in [2.24, 2.45) is 5.92 Å². The number of benzene rings is 1. The SMILES string of the molecule is CC1CNCC1n1ncc(-c2ccccc2)c1Nc1cnccc1C(=O)O. The Balaban J connectivity index is 1.82. The maximum absolute atomic E-state index is 11.6. The topological polar surface area (TPSA) is 92.1 Å². The Hall–Kier alpha value is -3.19. The quantitative estimate of drug-likeness (QED) is 0.645. The lowest BCUT2D eigenvalue weighted by molar-refractivity contribution is 0.0698. The van der Waals surface area contributed by atoms with E-state index in [0.29, 0.717) is 11.6 Å². The first-order valence-electron chi connectivity index (χ1n) is 8.93. The molecule has 0 spiro atoms. The number of carboxylic acids is 1. The molecule has 0 bridgehead atoms. The summed E-state index contributed by atoms with van der Waals surface area (Å²) in [5, 5.41) is 20.8. The number of pyridine rings is 1. The fourth-order valence-electron chi connectivity index (χ4n) is 3.50. The predicted molar refractivity (Wildman–Crippen MR) is 103 cm³/mol. The number of carbonyl (C=O) groups is 1. The van der Waals surface area contributed by atoms with Gasteiger partial charge < -0.3 is 15.7 Å². The molecule has 2 unspecified atom stereocenters. The Bertz CT molecular complexity index is 954. The molecule has 7 heteroatoms. The third-order valence-electron chi connectivity index (χ3n) is 4.98. The number of aromatic carboxylic acids is 1. The van der Waals surface area contributed by atoms with Crippen molar-refractivity contribution in [3.8, 4) is 11.1 Å². The summed E-state index contributed by atoms with van der Waals surface area (Å²) in [5.41, 5.74) is 2.57. The number of hydrogen-bond donors (Lipinski definition) is 3. The van der Waals surface area contributed by atoms with Crippen LogP contribution in [0.2, 0.25) is 0 Å². The van der Waals surface area contributed by atoms with E-state index in [-0.39, 0.29) is 11.6 Å². The van der Waals surface area contributed by atoms with E-state index < -0.39 is 5.97 Å². The van der Waals surface area contributed by atoms with E-state index in [1.165, 1.54) is 18.5 Å². The van der Waals surface area contributed by atoms with Gasteiger partial charge in [0.15, 0.2) is 0 Å². The van der Waals surface area contributed by atoms with Crippen LogP contribution >= 0.6 is 0 Å². The van der Waals surface area contributed by atoms with Crippen LogP contribution in [0.15, 0.2) is 55.0 Å². The van der Waals surface area contributed by atoms with E-state index in [0.717, 1.165) is 30.0 Å². The van der Waals surface area contributed by atoms with E-state index in [1.807, 2.05) is 41.2 Å². The minimum Gasteiger partial charge on any atom is -0.478 e. The summed E-state index contributed by atoms with van der Waals surface area (Å²) in [6.07, 6.45) is 4.85. The van der Waals surface area contributed by atoms with Gasteiger partial charge in [0.2, 0.25) is 0 Å². The molecule has 3 aromatic rings. The van der Waals surface area contributed by atoms with Crippen LogP contribution in [0.25, 0.3) is 11.1 Å². The summed E-state index contributed by atoms with van der Waals surface area (Å²) in [4.78, 5) is 15.7. The van der Waals surface area contributed by atoms with Gasteiger partial charge in [0.25, 0.3) is 0 Å². The van der Waals surface area contributed by atoms with Gasteiger partial charge in [-0.2, -0.15) is 5.10 Å². The third kappa shape index (κ3) is 3.29. The van der Waals surface area contributed by atoms with Gasteiger partial charge >= 0.3 is 5.97 Å². The number of aromatic nitrogens is 3. The standard InChI is InChI=1S/C20H21N5O2/c1-13-9-22-12-18(13)25-19(16(10-23-25)14-5-3-2-4-6-14)24-17-11-21-8-7-15(17)20(26)27/h2-8,10-11,13,18,22,24H,9,12H2,1H3,(H,26,27). The number of carboxylic acid groups (broad SMARTS) is 1. The van der Waals surface area contributed by atoms with Crippen LogP contribution in [0.4, 0.5) is 11.5 Å². The van der Waals surface area contributed by atoms with Crippen molar-refractivity contribution in [2.75, 3.05) is 18.4 Å². The van der Waals surface area contributed by atoms with Crippen LogP contribution in [0.5, 0.6) is 0 Å². The molecular weight excluding hydrogens is 342 g/mol. The highest BCUT2D eigenvalue weighted by atomic mass is 16.4. The van der Waals surface area contributed by atoms with Crippen LogP contribution in [0.3, 0.4) is 0 Å². The predicted octanol–water partition coefficient (Wildman–Crippen LogP) is 3.17. The van der Waals surface area contributed by atoms with Crippen LogP contribution < -0.4 is 10.6 Å². The zero-order chi connectivity index (χ0) is 18.8. The van der Waals surface area contributed by atoms with Gasteiger partial charge in [0.05, 0.1) is 29.7 Å². The van der Waals surface area contributed by atoms with Crippen molar-refractivity contribution in [3.05, 3.63) is 60.6 Å². The first kappa shape index (κ1) is 17.2. The lowest BCUT2D eigenvalue weighted by atomic mass is 10.1. The number of nitrogens with zero attached hydrogens (tertiary/aromatic N) is 3. The molecule has 1 aromatic carbocycles. The second-order valence-corrected chi connectivity index (χ2v) is 6.77. The third-order valence-corrected chi connectivity index (χ3v) is 4.98. The van der Waals surface area contributed by atoms with E-state index >= 15 is 0 Å². The monoisotopic (exact) mass is 363 g/mol. The van der Waals surface area contributed by atoms with Gasteiger partial charge in [-0.1, -0.05) is 37.3 Å². The summed E-state index contributed by atoms with van der Waals surface area (Å²) in [6, 6.07) is 11.6. The Morgan fingerprint density at radius 2 is 2.04 bits per heavy atom. The highest BCUT2D eigenvalue weighted by molar-refractivity contribution is 5.95. The minimum absolute atomic E-state index is 0.175. The molecule has 138 valence electrons. The largest absolute Gasteiger partial charge is 0.478 e. The summed E-state index contributed by atoms with van der Waals surface area (Å²) in [6.45, 7) is 3.94. The van der Waals surface area contributed by atoms with Crippen LogP contribution in [0.1, 0.15) is 23.3 Å². The van der Waals surface area contributed by atoms with Gasteiger partial charge in [0.1, 0.15) is 5.82 Å². The highest BCUT2D eigenvalue weighted by Crippen LogP contribution is 2.35. The lowest BCUT2D eigenvalue weighted by Gasteiger charge is -2.20. The second-order valence-electron chi connectivity index (χ2n) is 6.77. The fraction of sp³-hybridized carbons (Fsp3) is 0.250. The molecule has 1 aliphatic heterocycles. The average Bonchev–Trinajstić information content (AvgIpc) is 3.28. The molecule has 1 saturated heterocycles. The molecule has 27 heavy (non-hydrogen) atoms. The normalized spacial score (nSPS) is 19.1. The van der Waals surface area contributed by atoms with Crippen molar-refractivity contribution >= 4 is 17.5 Å². The van der Waals surface area contributed by atoms with E-state index in [4.69, 9.17) is 0 Å². The Morgan fingerprint density at radius 1 is 1.22 bits per heavy atom. The number of hydrogen-bond acceptors (Lipinski definition) is 5. The summed E-state index contributed by atoms with van der Waals surface area (Å²) in [5.74, 6) is 0.197. The zero-order valence-electron chi connectivity index (χ0n) is 15.0. The molecule has 0 amide bonds. The number of anilines is 2. The molecular formula is C20H21N5O2. The Morgan fingerprint density at radius 3 is 2.74 bits per heavy atom. The van der Waals surface area contributed by atoms with Crippen molar-refractivity contribution in [1.82, 2.24) is 20.1 Å². The number of nitrogens with one attached hydrogen (secondary N) is 2. The maximum atomic E-state index is 11.6. The van der Waals surface area contributed by atoms with Gasteiger partial charge in [-0.05, 0) is 24.1 Å². The zero-order valence-corrected chi connectivity index (χ0v) is 15.0. The van der Waals surface area contributed by atoms with E-state index in [2.05, 4.69) is 27.6 Å². The summed E-state index contributed by atoms with van der Waals surface area (Å²) in [7, 11) is 0. The van der Waals surface area contributed by atoms with Crippen LogP contribution in [-0.2, 0) is 0 Å². The van der Waals surface area contributed by atoms with Crippen LogP contribution in [0, 0.1) is 5.92 Å². The average molecular weight is 363 g/mol. The minimum atomic E-state index is -0.997. The molecule has 3 N–H and O–H groups in total. The van der Waals surface area contributed by atoms with Crippen molar-refractivity contribution in [1.29, 1.82) is 0 Å². The molecule has 2 aromatic heterocycles. The van der Waals surface area contributed by atoms with E-state index in [1.54, 1.807) is 0 Å². The lowest BCUT2D eigenvalue weighted by Crippen LogP contribution is -2.19. The summed E-state index contributed by atoms with van der Waals surface area (Å²) >= 11 is 0. The first-order chi connectivity index (χ1) is 13.1. The molecule has 1 fully saturated rings. The van der Waals surface area contributed by atoms with Crippen molar-refractivity contribution in [3.63, 3.8) is 0 Å². The molecule has 0 aliphatic carbocycles. The molecule has 4 rings (SSSR count). The van der Waals surface area contributed by atoms with Gasteiger partial charge in [-0.25, -0.2) is 9.48 Å². The first-order valence-corrected chi connectivity index (χ1v) is 8.93. The Kier molecular flexibility index (Phi) is 4.60. The molecule has 3 heterocycles. The maximum Gasteiger partial charge on any atom is 0.337 e. The fourth-order valence-corrected chi connectivity index (χ4v) is 3.50. The smallest absolute Gasteiger partial charge is 0.337 e. The highest BCUT2D eigenvalue weighted by Gasteiger charge is 2.29. The van der Waals surface area contributed by atoms with Gasteiger partial charge in [-0.15, -0.1) is 0 Å². The summed E-state index contributed by atoms with van der Waals surface area (Å²) < 4.78 is 1.96. The van der Waals surface area contributed by atoms with Crippen molar-refractivity contribution in [2.45, 2.75) is 13.0 Å². The van der Waals surface area contributed by atoms with Crippen LogP contribution in [-0.4, -0.2) is 38.9 Å². The van der Waals surface area contributed by atoms with Gasteiger partial charge in [-0.3, -0.25) is 4.98 Å². The van der Waals surface area contributed by atoms with E-state index in [9.17, 15) is 9.90 Å². The molecule has 2 atom stereocenters. The second kappa shape index (κ2) is 7.20. The molecule has 0 saturated carbocycles. The van der Waals surface area contributed by atoms with Crippen molar-refractivity contribution < 1.29 is 9.90 Å². The number of rotatable bonds is 5. The molecule has 1 aliphatic rings. The van der Waals surface area contributed by atoms with Gasteiger partial charge in [0, 0.05) is 18.3 Å². The molecule has 0 radical (unpaired) electrons. The molecule has 7 nitrogen and oxygen atoms in total. The Labute approximate surface area is 157 Å².